The summed E-state index contributed by atoms with van der Waals surface area (Å²) in [6, 6.07) is 20.5. The van der Waals surface area contributed by atoms with Crippen LogP contribution in [0.25, 0.3) is 33.5 Å². The van der Waals surface area contributed by atoms with Crippen LogP contribution in [0.2, 0.25) is 0 Å². The number of aromatic hydroxyl groups is 1. The Kier molecular flexibility index (Phi) is 8.16. The summed E-state index contributed by atoms with van der Waals surface area (Å²) >= 11 is 3.35. The molecule has 0 aliphatic heterocycles. The predicted octanol–water partition coefficient (Wildman–Crippen LogP) is 8.10. The average Bonchev–Trinajstić information content (AvgIpc) is 2.87. The molecule has 40 heavy (non-hydrogen) atoms. The van der Waals surface area contributed by atoms with E-state index in [4.69, 9.17) is 19.4 Å². The second-order valence-corrected chi connectivity index (χ2v) is 12.1. The summed E-state index contributed by atoms with van der Waals surface area (Å²) in [6.07, 6.45) is -1.59. The SMILES string of the molecule is CC(C)(C)OC(=O)N(Cc1ccc(-c2nc3c(O)c(Br)ccc3nc2-c2ccccc2)cc1)C(=O)OC(C)(C)C. The van der Waals surface area contributed by atoms with Crippen LogP contribution in [0.5, 0.6) is 5.75 Å². The molecule has 9 heteroatoms. The minimum absolute atomic E-state index is 0.00726. The minimum atomic E-state index is -0.793. The van der Waals surface area contributed by atoms with E-state index in [2.05, 4.69) is 15.9 Å². The average molecular weight is 607 g/mol. The van der Waals surface area contributed by atoms with Gasteiger partial charge in [0.15, 0.2) is 5.75 Å². The van der Waals surface area contributed by atoms with Gasteiger partial charge < -0.3 is 14.6 Å². The quantitative estimate of drug-likeness (QED) is 0.250. The maximum atomic E-state index is 12.9. The molecule has 0 aliphatic rings. The molecule has 0 radical (unpaired) electrons. The van der Waals surface area contributed by atoms with E-state index < -0.39 is 23.4 Å². The zero-order chi connectivity index (χ0) is 29.2. The van der Waals surface area contributed by atoms with Gasteiger partial charge in [-0.05, 0) is 75.2 Å². The fourth-order valence-electron chi connectivity index (χ4n) is 3.87. The number of nitrogens with zero attached hydrogens (tertiary/aromatic N) is 3. The Morgan fingerprint density at radius 3 is 1.85 bits per heavy atom. The third kappa shape index (κ3) is 6.96. The van der Waals surface area contributed by atoms with Gasteiger partial charge in [0.25, 0.3) is 0 Å². The number of phenolic OH excluding ortho intramolecular Hbond substituents is 1. The summed E-state index contributed by atoms with van der Waals surface area (Å²) < 4.78 is 11.5. The molecule has 8 nitrogen and oxygen atoms in total. The first-order valence-electron chi connectivity index (χ1n) is 12.8. The van der Waals surface area contributed by atoms with Gasteiger partial charge in [-0.1, -0.05) is 54.6 Å². The summed E-state index contributed by atoms with van der Waals surface area (Å²) in [6.45, 7) is 10.4. The molecule has 208 valence electrons. The highest BCUT2D eigenvalue weighted by molar-refractivity contribution is 9.10. The third-order valence-electron chi connectivity index (χ3n) is 5.60. The van der Waals surface area contributed by atoms with Gasteiger partial charge in [0.2, 0.25) is 0 Å². The van der Waals surface area contributed by atoms with Crippen LogP contribution in [-0.4, -0.2) is 43.4 Å². The molecular weight excluding hydrogens is 574 g/mol. The number of imide groups is 1. The van der Waals surface area contributed by atoms with E-state index in [0.717, 1.165) is 16.0 Å². The molecule has 0 unspecified atom stereocenters. The molecule has 4 rings (SSSR count). The Balaban J connectivity index is 1.73. The number of rotatable bonds is 4. The van der Waals surface area contributed by atoms with Gasteiger partial charge in [-0.2, -0.15) is 0 Å². The third-order valence-corrected chi connectivity index (χ3v) is 6.24. The topological polar surface area (TPSA) is 102 Å². The van der Waals surface area contributed by atoms with Gasteiger partial charge in [-0.15, -0.1) is 0 Å². The van der Waals surface area contributed by atoms with Gasteiger partial charge in [0.05, 0.1) is 27.9 Å². The molecule has 0 fully saturated rings. The maximum absolute atomic E-state index is 12.9. The molecule has 4 aromatic rings. The van der Waals surface area contributed by atoms with Crippen molar-refractivity contribution in [3.8, 4) is 28.3 Å². The van der Waals surface area contributed by atoms with E-state index in [0.29, 0.717) is 32.5 Å². The van der Waals surface area contributed by atoms with Crippen LogP contribution in [-0.2, 0) is 16.0 Å². The Morgan fingerprint density at radius 1 is 0.775 bits per heavy atom. The van der Waals surface area contributed by atoms with Crippen molar-refractivity contribution >= 4 is 39.1 Å². The molecule has 1 N–H and O–H groups in total. The van der Waals surface area contributed by atoms with Crippen molar-refractivity contribution in [3.63, 3.8) is 0 Å². The fraction of sp³-hybridized carbons (Fsp3) is 0.290. The van der Waals surface area contributed by atoms with E-state index >= 15 is 0 Å². The highest BCUT2D eigenvalue weighted by atomic mass is 79.9. The first-order chi connectivity index (χ1) is 18.7. The van der Waals surface area contributed by atoms with Crippen LogP contribution < -0.4 is 0 Å². The van der Waals surface area contributed by atoms with Crippen LogP contribution in [0.3, 0.4) is 0 Å². The van der Waals surface area contributed by atoms with Crippen molar-refractivity contribution in [1.82, 2.24) is 14.9 Å². The molecule has 3 aromatic carbocycles. The van der Waals surface area contributed by atoms with E-state index in [9.17, 15) is 14.7 Å². The number of hydrogen-bond donors (Lipinski definition) is 1. The monoisotopic (exact) mass is 605 g/mol. The fourth-order valence-corrected chi connectivity index (χ4v) is 4.19. The van der Waals surface area contributed by atoms with Crippen molar-refractivity contribution in [2.45, 2.75) is 59.3 Å². The van der Waals surface area contributed by atoms with E-state index in [1.165, 1.54) is 0 Å². The normalized spacial score (nSPS) is 11.8. The number of benzene rings is 3. The Hall–Kier alpha value is -3.98. The molecular formula is C31H32BrN3O5. The lowest BCUT2D eigenvalue weighted by Crippen LogP contribution is -2.43. The largest absolute Gasteiger partial charge is 0.504 e. The molecule has 2 amide bonds. The Labute approximate surface area is 242 Å². The molecule has 0 saturated carbocycles. The van der Waals surface area contributed by atoms with Gasteiger partial charge in [-0.25, -0.2) is 24.5 Å². The van der Waals surface area contributed by atoms with Gasteiger partial charge in [0, 0.05) is 11.1 Å². The van der Waals surface area contributed by atoms with Crippen LogP contribution in [0.1, 0.15) is 47.1 Å². The summed E-state index contributed by atoms with van der Waals surface area (Å²) in [5.74, 6) is 0.00726. The lowest BCUT2D eigenvalue weighted by atomic mass is 10.0. The van der Waals surface area contributed by atoms with Crippen LogP contribution in [0.15, 0.2) is 71.2 Å². The van der Waals surface area contributed by atoms with Crippen molar-refractivity contribution in [1.29, 1.82) is 0 Å². The van der Waals surface area contributed by atoms with Crippen LogP contribution in [0, 0.1) is 0 Å². The number of hydrogen-bond acceptors (Lipinski definition) is 7. The van der Waals surface area contributed by atoms with Crippen LogP contribution >= 0.6 is 15.9 Å². The molecule has 0 spiro atoms. The molecule has 0 atom stereocenters. The summed E-state index contributed by atoms with van der Waals surface area (Å²) in [5.41, 5.74) is 2.90. The van der Waals surface area contributed by atoms with E-state index in [1.54, 1.807) is 65.8 Å². The number of halogens is 1. The van der Waals surface area contributed by atoms with Crippen LogP contribution in [0.4, 0.5) is 9.59 Å². The van der Waals surface area contributed by atoms with Crippen molar-refractivity contribution in [2.24, 2.45) is 0 Å². The summed E-state index contributed by atoms with van der Waals surface area (Å²) in [5, 5.41) is 10.7. The number of aromatic nitrogens is 2. The van der Waals surface area contributed by atoms with Gasteiger partial charge in [0.1, 0.15) is 16.7 Å². The van der Waals surface area contributed by atoms with Crippen molar-refractivity contribution in [2.75, 3.05) is 0 Å². The lowest BCUT2D eigenvalue weighted by molar-refractivity contribution is -0.000251. The van der Waals surface area contributed by atoms with Gasteiger partial charge >= 0.3 is 12.2 Å². The highest BCUT2D eigenvalue weighted by Crippen LogP contribution is 2.36. The molecule has 1 heterocycles. The smallest absolute Gasteiger partial charge is 0.420 e. The molecule has 0 bridgehead atoms. The zero-order valence-corrected chi connectivity index (χ0v) is 24.9. The Morgan fingerprint density at radius 2 is 1.30 bits per heavy atom. The molecule has 0 aliphatic carbocycles. The minimum Gasteiger partial charge on any atom is -0.504 e. The molecule has 0 saturated heterocycles. The van der Waals surface area contributed by atoms with E-state index in [1.807, 2.05) is 42.5 Å². The number of ether oxygens (including phenoxy) is 2. The number of amides is 2. The highest BCUT2D eigenvalue weighted by Gasteiger charge is 2.31. The first kappa shape index (κ1) is 29.0. The van der Waals surface area contributed by atoms with Gasteiger partial charge in [-0.3, -0.25) is 0 Å². The van der Waals surface area contributed by atoms with Crippen molar-refractivity contribution in [3.05, 3.63) is 76.8 Å². The predicted molar refractivity (Wildman–Crippen MR) is 158 cm³/mol. The number of phenols is 1. The zero-order valence-electron chi connectivity index (χ0n) is 23.4. The Bertz CT molecular complexity index is 1510. The maximum Gasteiger partial charge on any atom is 0.420 e. The molecule has 1 aromatic heterocycles. The summed E-state index contributed by atoms with van der Waals surface area (Å²) in [7, 11) is 0. The number of carbonyl (C=O) groups excluding carboxylic acids is 2. The van der Waals surface area contributed by atoms with Crippen molar-refractivity contribution < 1.29 is 24.2 Å². The standard InChI is InChI=1S/C31H32BrN3O5/c1-30(2,3)39-28(37)35(29(38)40-31(4,5)6)18-19-12-14-21(15-13-19)25-24(20-10-8-7-9-11-20)33-23-17-16-22(32)27(36)26(23)34-25/h7-17,36H,18H2,1-6H3. The second-order valence-electron chi connectivity index (χ2n) is 11.3. The first-order valence-corrected chi connectivity index (χ1v) is 13.6. The van der Waals surface area contributed by atoms with E-state index in [-0.39, 0.29) is 12.3 Å². The second kappa shape index (κ2) is 11.3. The number of carbonyl (C=O) groups is 2. The lowest BCUT2D eigenvalue weighted by Gasteiger charge is -2.28. The number of fused-ring (bicyclic) bond motifs is 1. The summed E-state index contributed by atoms with van der Waals surface area (Å²) in [4.78, 5) is 36.4.